The Morgan fingerprint density at radius 2 is 2.46 bits per heavy atom. The zero-order valence-corrected chi connectivity index (χ0v) is 9.33. The third kappa shape index (κ3) is 1.84. The molecule has 0 amide bonds. The van der Waals surface area contributed by atoms with Crippen LogP contribution in [-0.2, 0) is 0 Å². The Morgan fingerprint density at radius 3 is 3.08 bits per heavy atom. The number of anilines is 1. The predicted molar refractivity (Wildman–Crippen MR) is 58.8 cm³/mol. The molecule has 1 aliphatic rings. The number of hydrogen-bond acceptors (Lipinski definition) is 3. The van der Waals surface area contributed by atoms with E-state index in [9.17, 15) is 4.79 Å². The lowest BCUT2D eigenvalue weighted by Gasteiger charge is -2.04. The van der Waals surface area contributed by atoms with Gasteiger partial charge in [0.25, 0.3) is 5.56 Å². The second kappa shape index (κ2) is 3.28. The highest BCUT2D eigenvalue weighted by Gasteiger charge is 2.33. The molecule has 1 fully saturated rings. The van der Waals surface area contributed by atoms with Crippen molar-refractivity contribution in [3.63, 3.8) is 0 Å². The summed E-state index contributed by atoms with van der Waals surface area (Å²) in [6.45, 7) is 2.18. The van der Waals surface area contributed by atoms with Crippen molar-refractivity contribution >= 4 is 28.4 Å². The van der Waals surface area contributed by atoms with Gasteiger partial charge in [-0.2, -0.15) is 0 Å². The van der Waals surface area contributed by atoms with Gasteiger partial charge in [0.05, 0.1) is 6.33 Å². The highest BCUT2D eigenvalue weighted by atomic mass is 127. The molecule has 1 heterocycles. The summed E-state index contributed by atoms with van der Waals surface area (Å²) in [5, 5.41) is 3.24. The average molecular weight is 291 g/mol. The predicted octanol–water partition coefficient (Wildman–Crippen LogP) is 1.19. The maximum Gasteiger partial charge on any atom is 0.266 e. The number of nitrogens with zero attached hydrogens (tertiary/aromatic N) is 1. The normalized spacial score (nSPS) is 25.7. The minimum absolute atomic E-state index is 0.0774. The summed E-state index contributed by atoms with van der Waals surface area (Å²) in [7, 11) is 0. The van der Waals surface area contributed by atoms with E-state index in [1.807, 2.05) is 22.6 Å². The van der Waals surface area contributed by atoms with Gasteiger partial charge < -0.3 is 10.3 Å². The first-order chi connectivity index (χ1) is 6.18. The summed E-state index contributed by atoms with van der Waals surface area (Å²) in [5.74, 6) is 1.41. The Hall–Kier alpha value is -0.590. The molecular formula is C8H10IN3O. The Morgan fingerprint density at radius 1 is 1.77 bits per heavy atom. The van der Waals surface area contributed by atoms with Gasteiger partial charge in [-0.3, -0.25) is 4.79 Å². The monoisotopic (exact) mass is 291 g/mol. The molecule has 70 valence electrons. The minimum atomic E-state index is -0.0774. The van der Waals surface area contributed by atoms with Crippen molar-refractivity contribution in [1.82, 2.24) is 9.97 Å². The zero-order chi connectivity index (χ0) is 9.42. The van der Waals surface area contributed by atoms with Crippen molar-refractivity contribution in [2.75, 3.05) is 5.32 Å². The van der Waals surface area contributed by atoms with E-state index >= 15 is 0 Å². The third-order valence-electron chi connectivity index (χ3n) is 2.23. The van der Waals surface area contributed by atoms with Gasteiger partial charge in [-0.1, -0.05) is 6.92 Å². The number of hydrogen-bond donors (Lipinski definition) is 2. The van der Waals surface area contributed by atoms with E-state index in [0.717, 1.165) is 0 Å². The summed E-state index contributed by atoms with van der Waals surface area (Å²) >= 11 is 2.00. The highest BCUT2D eigenvalue weighted by Crippen LogP contribution is 2.32. The van der Waals surface area contributed by atoms with Gasteiger partial charge in [0, 0.05) is 6.04 Å². The first-order valence-electron chi connectivity index (χ1n) is 4.18. The molecule has 4 nitrogen and oxygen atoms in total. The van der Waals surface area contributed by atoms with Crippen LogP contribution >= 0.6 is 22.6 Å². The number of aromatic nitrogens is 2. The van der Waals surface area contributed by atoms with E-state index in [4.69, 9.17) is 0 Å². The van der Waals surface area contributed by atoms with Crippen LogP contribution in [0.4, 0.5) is 5.82 Å². The average Bonchev–Trinajstić information content (AvgIpc) is 2.77. The molecule has 2 unspecified atom stereocenters. The number of aromatic amines is 1. The van der Waals surface area contributed by atoms with Gasteiger partial charge in [-0.15, -0.1) is 0 Å². The number of nitrogens with one attached hydrogen (secondary N) is 2. The molecule has 2 rings (SSSR count). The van der Waals surface area contributed by atoms with Crippen molar-refractivity contribution in [3.05, 3.63) is 20.3 Å². The summed E-state index contributed by atoms with van der Waals surface area (Å²) in [5.41, 5.74) is -0.0774. The van der Waals surface area contributed by atoms with Crippen LogP contribution in [0, 0.1) is 9.49 Å². The SMILES string of the molecule is CC1CC1Nc1nc[nH]c(=O)c1I. The van der Waals surface area contributed by atoms with Crippen LogP contribution in [-0.4, -0.2) is 16.0 Å². The second-order valence-corrected chi connectivity index (χ2v) is 4.44. The molecule has 0 spiro atoms. The summed E-state index contributed by atoms with van der Waals surface area (Å²) < 4.78 is 0.638. The van der Waals surface area contributed by atoms with E-state index in [0.29, 0.717) is 21.3 Å². The smallest absolute Gasteiger partial charge is 0.266 e. The quantitative estimate of drug-likeness (QED) is 0.805. The lowest BCUT2D eigenvalue weighted by molar-refractivity contribution is 0.918. The number of rotatable bonds is 2. The fourth-order valence-corrected chi connectivity index (χ4v) is 1.63. The highest BCUT2D eigenvalue weighted by molar-refractivity contribution is 14.1. The van der Waals surface area contributed by atoms with Crippen LogP contribution in [0.25, 0.3) is 0 Å². The number of H-pyrrole nitrogens is 1. The molecule has 1 aromatic heterocycles. The second-order valence-electron chi connectivity index (χ2n) is 3.36. The first-order valence-corrected chi connectivity index (χ1v) is 5.26. The molecule has 0 radical (unpaired) electrons. The van der Waals surface area contributed by atoms with Crippen LogP contribution in [0.3, 0.4) is 0 Å². The van der Waals surface area contributed by atoms with E-state index in [1.165, 1.54) is 12.7 Å². The van der Waals surface area contributed by atoms with Crippen molar-refractivity contribution in [1.29, 1.82) is 0 Å². The molecule has 0 aliphatic heterocycles. The molecule has 2 atom stereocenters. The Balaban J connectivity index is 2.20. The van der Waals surface area contributed by atoms with Crippen LogP contribution in [0.5, 0.6) is 0 Å². The molecular weight excluding hydrogens is 281 g/mol. The zero-order valence-electron chi connectivity index (χ0n) is 7.17. The number of halogens is 1. The maximum absolute atomic E-state index is 11.2. The van der Waals surface area contributed by atoms with Gasteiger partial charge in [-0.25, -0.2) is 4.98 Å². The molecule has 0 bridgehead atoms. The van der Waals surface area contributed by atoms with Crippen molar-refractivity contribution in [2.24, 2.45) is 5.92 Å². The summed E-state index contributed by atoms with van der Waals surface area (Å²) in [6, 6.07) is 0.503. The lowest BCUT2D eigenvalue weighted by Crippen LogP contribution is -2.16. The van der Waals surface area contributed by atoms with Crippen molar-refractivity contribution in [2.45, 2.75) is 19.4 Å². The topological polar surface area (TPSA) is 57.8 Å². The molecule has 5 heteroatoms. The van der Waals surface area contributed by atoms with Crippen LogP contribution < -0.4 is 10.9 Å². The van der Waals surface area contributed by atoms with Gasteiger partial charge >= 0.3 is 0 Å². The van der Waals surface area contributed by atoms with Crippen LogP contribution in [0.15, 0.2) is 11.1 Å². The van der Waals surface area contributed by atoms with Crippen molar-refractivity contribution in [3.8, 4) is 0 Å². The molecule has 13 heavy (non-hydrogen) atoms. The molecule has 1 aromatic rings. The Kier molecular flexibility index (Phi) is 2.27. The van der Waals surface area contributed by atoms with Crippen molar-refractivity contribution < 1.29 is 0 Å². The largest absolute Gasteiger partial charge is 0.366 e. The van der Waals surface area contributed by atoms with E-state index < -0.39 is 0 Å². The van der Waals surface area contributed by atoms with Crippen LogP contribution in [0.2, 0.25) is 0 Å². The summed E-state index contributed by atoms with van der Waals surface area (Å²) in [4.78, 5) is 17.8. The molecule has 2 N–H and O–H groups in total. The Bertz CT molecular complexity index is 376. The standard InChI is InChI=1S/C8H10IN3O/c1-4-2-5(4)12-7-6(9)8(13)11-3-10-7/h3-5H,2H2,1H3,(H2,10,11,12,13). The summed E-state index contributed by atoms with van der Waals surface area (Å²) in [6.07, 6.45) is 2.60. The third-order valence-corrected chi connectivity index (χ3v) is 3.23. The minimum Gasteiger partial charge on any atom is -0.366 e. The van der Waals surface area contributed by atoms with Crippen LogP contribution in [0.1, 0.15) is 13.3 Å². The van der Waals surface area contributed by atoms with E-state index in [2.05, 4.69) is 22.2 Å². The maximum atomic E-state index is 11.2. The van der Waals surface area contributed by atoms with E-state index in [-0.39, 0.29) is 5.56 Å². The fraction of sp³-hybridized carbons (Fsp3) is 0.500. The van der Waals surface area contributed by atoms with Gasteiger partial charge in [0.15, 0.2) is 0 Å². The van der Waals surface area contributed by atoms with E-state index in [1.54, 1.807) is 0 Å². The molecule has 1 saturated carbocycles. The fourth-order valence-electron chi connectivity index (χ4n) is 1.18. The van der Waals surface area contributed by atoms with Gasteiger partial charge in [-0.05, 0) is 34.9 Å². The molecule has 0 aromatic carbocycles. The molecule has 0 saturated heterocycles. The Labute approximate surface area is 89.3 Å². The first kappa shape index (κ1) is 8.98. The molecule has 1 aliphatic carbocycles. The lowest BCUT2D eigenvalue weighted by atomic mass is 10.4. The van der Waals surface area contributed by atoms with Gasteiger partial charge in [0.2, 0.25) is 0 Å². The van der Waals surface area contributed by atoms with Gasteiger partial charge in [0.1, 0.15) is 9.39 Å².